The van der Waals surface area contributed by atoms with Crippen molar-refractivity contribution in [3.05, 3.63) is 24.0 Å². The topological polar surface area (TPSA) is 90.5 Å². The Kier molecular flexibility index (Phi) is 5.12. The number of nitrogens with zero attached hydrogens (tertiary/aromatic N) is 6. The third kappa shape index (κ3) is 4.14. The molecule has 0 aliphatic heterocycles. The van der Waals surface area contributed by atoms with E-state index in [1.807, 2.05) is 33.9 Å². The van der Waals surface area contributed by atoms with E-state index in [1.54, 1.807) is 17.8 Å². The van der Waals surface area contributed by atoms with E-state index in [9.17, 15) is 4.79 Å². The Hall–Kier alpha value is -2.25. The molecule has 0 aliphatic carbocycles. The van der Waals surface area contributed by atoms with Crippen LogP contribution >= 0.6 is 0 Å². The van der Waals surface area contributed by atoms with E-state index in [-0.39, 0.29) is 11.3 Å². The zero-order chi connectivity index (χ0) is 17.0. The van der Waals surface area contributed by atoms with Crippen LogP contribution in [0.3, 0.4) is 0 Å². The number of rotatable bonds is 6. The maximum atomic E-state index is 12.3. The Bertz CT molecular complexity index is 653. The maximum absolute atomic E-state index is 12.3. The molecule has 0 spiro atoms. The Labute approximate surface area is 136 Å². The average molecular weight is 319 g/mol. The van der Waals surface area contributed by atoms with Gasteiger partial charge in [-0.3, -0.25) is 4.79 Å². The predicted molar refractivity (Wildman–Crippen MR) is 85.8 cm³/mol. The smallest absolute Gasteiger partial charge is 0.244 e. The monoisotopic (exact) mass is 319 g/mol. The lowest BCUT2D eigenvalue weighted by Crippen LogP contribution is -2.34. The molecule has 23 heavy (non-hydrogen) atoms. The highest BCUT2D eigenvalue weighted by molar-refractivity contribution is 5.79. The van der Waals surface area contributed by atoms with Crippen LogP contribution in [0.15, 0.2) is 12.4 Å². The van der Waals surface area contributed by atoms with Gasteiger partial charge in [-0.2, -0.15) is 0 Å². The molecule has 126 valence electrons. The van der Waals surface area contributed by atoms with E-state index in [2.05, 4.69) is 30.4 Å². The molecule has 0 saturated carbocycles. The average Bonchev–Trinajstić information content (AvgIpc) is 3.11. The predicted octanol–water partition coefficient (Wildman–Crippen LogP) is 1.24. The highest BCUT2D eigenvalue weighted by Gasteiger charge is 2.27. The van der Waals surface area contributed by atoms with Crippen LogP contribution in [0.1, 0.15) is 51.8 Å². The van der Waals surface area contributed by atoms with Crippen molar-refractivity contribution in [2.75, 3.05) is 6.54 Å². The molecule has 1 atom stereocenters. The number of tetrazole rings is 1. The van der Waals surface area contributed by atoms with Crippen molar-refractivity contribution in [3.8, 4) is 0 Å². The van der Waals surface area contributed by atoms with Gasteiger partial charge in [0, 0.05) is 30.9 Å². The largest absolute Gasteiger partial charge is 0.354 e. The molecule has 2 heterocycles. The molecule has 1 N–H and O–H groups in total. The van der Waals surface area contributed by atoms with Crippen LogP contribution in [0.2, 0.25) is 0 Å². The Morgan fingerprint density at radius 3 is 2.74 bits per heavy atom. The summed E-state index contributed by atoms with van der Waals surface area (Å²) in [5.41, 5.74) is -0.211. The molecule has 0 saturated heterocycles. The first kappa shape index (κ1) is 17.1. The van der Waals surface area contributed by atoms with Gasteiger partial charge in [0.1, 0.15) is 11.9 Å². The Morgan fingerprint density at radius 2 is 2.13 bits per heavy atom. The van der Waals surface area contributed by atoms with Crippen molar-refractivity contribution in [2.45, 2.75) is 59.0 Å². The van der Waals surface area contributed by atoms with Gasteiger partial charge in [0.25, 0.3) is 0 Å². The van der Waals surface area contributed by atoms with Crippen molar-refractivity contribution in [1.29, 1.82) is 0 Å². The fourth-order valence-corrected chi connectivity index (χ4v) is 2.31. The van der Waals surface area contributed by atoms with Crippen LogP contribution in [0.4, 0.5) is 0 Å². The van der Waals surface area contributed by atoms with Crippen LogP contribution in [-0.2, 0) is 16.8 Å². The molecule has 0 fully saturated rings. The van der Waals surface area contributed by atoms with E-state index < -0.39 is 6.04 Å². The molecular formula is C15H25N7O. The second-order valence-corrected chi connectivity index (χ2v) is 6.69. The van der Waals surface area contributed by atoms with Gasteiger partial charge in [-0.25, -0.2) is 9.67 Å². The quantitative estimate of drug-likeness (QED) is 0.809. The summed E-state index contributed by atoms with van der Waals surface area (Å²) >= 11 is 0. The third-order valence-corrected chi connectivity index (χ3v) is 3.71. The van der Waals surface area contributed by atoms with Gasteiger partial charge in [0.15, 0.2) is 5.82 Å². The molecule has 1 amide bonds. The molecule has 8 nitrogen and oxygen atoms in total. The molecule has 0 aliphatic rings. The van der Waals surface area contributed by atoms with Crippen LogP contribution in [0.5, 0.6) is 0 Å². The first-order valence-electron chi connectivity index (χ1n) is 7.84. The summed E-state index contributed by atoms with van der Waals surface area (Å²) in [5, 5.41) is 14.7. The van der Waals surface area contributed by atoms with E-state index in [0.29, 0.717) is 12.4 Å². The fraction of sp³-hybridized carbons (Fsp3) is 0.667. The van der Waals surface area contributed by atoms with E-state index in [1.165, 1.54) is 0 Å². The van der Waals surface area contributed by atoms with Crippen LogP contribution in [0.25, 0.3) is 0 Å². The molecule has 2 aromatic rings. The van der Waals surface area contributed by atoms with Crippen LogP contribution < -0.4 is 5.32 Å². The SMILES string of the molecule is Cc1nccn1CCCNC(=O)[C@@H](C)n1nnnc1C(C)(C)C. The number of carbonyl (C=O) groups excluding carboxylic acids is 1. The summed E-state index contributed by atoms with van der Waals surface area (Å²) in [4.78, 5) is 16.5. The number of imidazole rings is 1. The minimum absolute atomic E-state index is 0.0786. The van der Waals surface area contributed by atoms with Gasteiger partial charge in [0.05, 0.1) is 0 Å². The van der Waals surface area contributed by atoms with Crippen LogP contribution in [0, 0.1) is 6.92 Å². The molecule has 0 radical (unpaired) electrons. The normalized spacial score (nSPS) is 13.1. The van der Waals surface area contributed by atoms with Gasteiger partial charge >= 0.3 is 0 Å². The molecule has 2 rings (SSSR count). The van der Waals surface area contributed by atoms with Crippen LogP contribution in [-0.4, -0.2) is 42.2 Å². The molecule has 0 bridgehead atoms. The summed E-state index contributed by atoms with van der Waals surface area (Å²) in [5.74, 6) is 1.60. The number of aromatic nitrogens is 6. The molecule has 0 unspecified atom stereocenters. The van der Waals surface area contributed by atoms with Gasteiger partial charge in [-0.1, -0.05) is 20.8 Å². The van der Waals surface area contributed by atoms with Crippen molar-refractivity contribution >= 4 is 5.91 Å². The van der Waals surface area contributed by atoms with Crippen molar-refractivity contribution < 1.29 is 4.79 Å². The lowest BCUT2D eigenvalue weighted by atomic mass is 9.95. The summed E-state index contributed by atoms with van der Waals surface area (Å²) in [6.45, 7) is 11.3. The third-order valence-electron chi connectivity index (χ3n) is 3.71. The van der Waals surface area contributed by atoms with Crippen molar-refractivity contribution in [3.63, 3.8) is 0 Å². The Morgan fingerprint density at radius 1 is 1.39 bits per heavy atom. The molecule has 2 aromatic heterocycles. The summed E-state index contributed by atoms with van der Waals surface area (Å²) < 4.78 is 3.66. The molecule has 8 heteroatoms. The first-order valence-corrected chi connectivity index (χ1v) is 7.84. The second kappa shape index (κ2) is 6.89. The van der Waals surface area contributed by atoms with E-state index in [0.717, 1.165) is 18.8 Å². The fourth-order valence-electron chi connectivity index (χ4n) is 2.31. The van der Waals surface area contributed by atoms with Crippen molar-refractivity contribution in [1.82, 2.24) is 35.1 Å². The molecular weight excluding hydrogens is 294 g/mol. The van der Waals surface area contributed by atoms with Gasteiger partial charge < -0.3 is 9.88 Å². The number of nitrogens with one attached hydrogen (secondary N) is 1. The number of carbonyl (C=O) groups is 1. The molecule has 0 aromatic carbocycles. The lowest BCUT2D eigenvalue weighted by molar-refractivity contribution is -0.124. The summed E-state index contributed by atoms with van der Waals surface area (Å²) in [6.07, 6.45) is 4.57. The first-order chi connectivity index (χ1) is 10.8. The highest BCUT2D eigenvalue weighted by atomic mass is 16.2. The number of hydrogen-bond acceptors (Lipinski definition) is 5. The zero-order valence-corrected chi connectivity index (χ0v) is 14.4. The Balaban J connectivity index is 1.86. The summed E-state index contributed by atoms with van der Waals surface area (Å²) in [6, 6.07) is -0.436. The summed E-state index contributed by atoms with van der Waals surface area (Å²) in [7, 11) is 0. The number of hydrogen-bond donors (Lipinski definition) is 1. The van der Waals surface area contributed by atoms with Gasteiger partial charge in [0.2, 0.25) is 5.91 Å². The number of amides is 1. The highest BCUT2D eigenvalue weighted by Crippen LogP contribution is 2.21. The second-order valence-electron chi connectivity index (χ2n) is 6.69. The van der Waals surface area contributed by atoms with E-state index in [4.69, 9.17) is 0 Å². The van der Waals surface area contributed by atoms with E-state index >= 15 is 0 Å². The van der Waals surface area contributed by atoms with Crippen molar-refractivity contribution in [2.24, 2.45) is 0 Å². The maximum Gasteiger partial charge on any atom is 0.244 e. The minimum Gasteiger partial charge on any atom is -0.354 e. The standard InChI is InChI=1S/C15H25N7O/c1-11(22-14(15(3,4)5)18-19-20-22)13(23)17-7-6-9-21-10-8-16-12(21)2/h8,10-11H,6-7,9H2,1-5H3,(H,17,23)/t11-/m1/s1. The lowest BCUT2D eigenvalue weighted by Gasteiger charge is -2.20. The minimum atomic E-state index is -0.436. The van der Waals surface area contributed by atoms with Gasteiger partial charge in [-0.05, 0) is 30.7 Å². The zero-order valence-electron chi connectivity index (χ0n) is 14.4. The van der Waals surface area contributed by atoms with Gasteiger partial charge in [-0.15, -0.1) is 5.10 Å². The number of aryl methyl sites for hydroxylation is 2.